The number of rotatable bonds is 3. The minimum atomic E-state index is -0.825. The zero-order chi connectivity index (χ0) is 14.1. The van der Waals surface area contributed by atoms with E-state index in [9.17, 15) is 9.50 Å². The Morgan fingerprint density at radius 1 is 1.30 bits per heavy atom. The minimum absolute atomic E-state index is 0.316. The van der Waals surface area contributed by atoms with E-state index in [1.165, 1.54) is 12.3 Å². The number of benzene rings is 1. The SMILES string of the molecule is Cn1c(CC(O)c2cncc(F)c2)nc2ccccc21. The molecule has 0 fully saturated rings. The number of aliphatic hydroxyl groups excluding tert-OH is 1. The first-order valence-corrected chi connectivity index (χ1v) is 6.34. The van der Waals surface area contributed by atoms with Gasteiger partial charge >= 0.3 is 0 Å². The molecule has 0 saturated heterocycles. The molecule has 0 saturated carbocycles. The van der Waals surface area contributed by atoms with E-state index in [-0.39, 0.29) is 0 Å². The van der Waals surface area contributed by atoms with E-state index in [4.69, 9.17) is 0 Å². The van der Waals surface area contributed by atoms with Gasteiger partial charge in [-0.25, -0.2) is 9.37 Å². The van der Waals surface area contributed by atoms with Gasteiger partial charge in [0, 0.05) is 25.2 Å². The van der Waals surface area contributed by atoms with E-state index >= 15 is 0 Å². The van der Waals surface area contributed by atoms with Crippen molar-refractivity contribution in [1.82, 2.24) is 14.5 Å². The van der Waals surface area contributed by atoms with Gasteiger partial charge in [0.1, 0.15) is 11.6 Å². The maximum absolute atomic E-state index is 13.1. The Hall–Kier alpha value is -2.27. The van der Waals surface area contributed by atoms with Crippen molar-refractivity contribution in [3.63, 3.8) is 0 Å². The third-order valence-corrected chi connectivity index (χ3v) is 3.37. The number of fused-ring (bicyclic) bond motifs is 1. The van der Waals surface area contributed by atoms with Crippen molar-refractivity contribution in [2.75, 3.05) is 0 Å². The van der Waals surface area contributed by atoms with Crippen LogP contribution in [-0.2, 0) is 13.5 Å². The lowest BCUT2D eigenvalue weighted by Gasteiger charge is -2.10. The molecular weight excluding hydrogens is 257 g/mol. The zero-order valence-corrected chi connectivity index (χ0v) is 11.0. The largest absolute Gasteiger partial charge is 0.388 e. The van der Waals surface area contributed by atoms with Crippen LogP contribution in [0.1, 0.15) is 17.5 Å². The average Bonchev–Trinajstić information content (AvgIpc) is 2.76. The van der Waals surface area contributed by atoms with Crippen molar-refractivity contribution in [2.45, 2.75) is 12.5 Å². The molecule has 0 aliphatic carbocycles. The molecule has 2 aromatic heterocycles. The Bertz CT molecular complexity index is 754. The van der Waals surface area contributed by atoms with Crippen LogP contribution in [0.5, 0.6) is 0 Å². The maximum atomic E-state index is 13.1. The van der Waals surface area contributed by atoms with Gasteiger partial charge in [-0.15, -0.1) is 0 Å². The number of halogens is 1. The summed E-state index contributed by atoms with van der Waals surface area (Å²) in [7, 11) is 1.90. The van der Waals surface area contributed by atoms with Gasteiger partial charge in [0.05, 0.1) is 23.3 Å². The third-order valence-electron chi connectivity index (χ3n) is 3.37. The van der Waals surface area contributed by atoms with Crippen LogP contribution in [0.4, 0.5) is 4.39 Å². The topological polar surface area (TPSA) is 50.9 Å². The quantitative estimate of drug-likeness (QED) is 0.795. The summed E-state index contributed by atoms with van der Waals surface area (Å²) in [5.74, 6) is 0.300. The lowest BCUT2D eigenvalue weighted by atomic mass is 10.1. The Morgan fingerprint density at radius 2 is 2.10 bits per heavy atom. The fourth-order valence-electron chi connectivity index (χ4n) is 2.28. The molecule has 0 spiro atoms. The van der Waals surface area contributed by atoms with E-state index in [0.29, 0.717) is 12.0 Å². The summed E-state index contributed by atoms with van der Waals surface area (Å²) in [5.41, 5.74) is 2.35. The second kappa shape index (κ2) is 5.02. The molecule has 0 amide bonds. The van der Waals surface area contributed by atoms with Gasteiger partial charge in [0.25, 0.3) is 0 Å². The van der Waals surface area contributed by atoms with E-state index in [0.717, 1.165) is 23.1 Å². The van der Waals surface area contributed by atoms with Gasteiger partial charge < -0.3 is 9.67 Å². The summed E-state index contributed by atoms with van der Waals surface area (Å²) in [4.78, 5) is 8.24. The van der Waals surface area contributed by atoms with Crippen molar-refractivity contribution in [2.24, 2.45) is 7.05 Å². The van der Waals surface area contributed by atoms with E-state index in [1.54, 1.807) is 0 Å². The Morgan fingerprint density at radius 3 is 2.85 bits per heavy atom. The molecule has 1 atom stereocenters. The van der Waals surface area contributed by atoms with Crippen LogP contribution in [0.2, 0.25) is 0 Å². The molecular formula is C15H14FN3O. The van der Waals surface area contributed by atoms with Gasteiger partial charge in [-0.3, -0.25) is 4.98 Å². The number of aliphatic hydroxyl groups is 1. The number of para-hydroxylation sites is 2. The normalized spacial score (nSPS) is 12.8. The smallest absolute Gasteiger partial charge is 0.141 e. The predicted molar refractivity (Wildman–Crippen MR) is 73.6 cm³/mol. The van der Waals surface area contributed by atoms with E-state index in [2.05, 4.69) is 9.97 Å². The van der Waals surface area contributed by atoms with Gasteiger partial charge in [-0.05, 0) is 18.2 Å². The summed E-state index contributed by atoms with van der Waals surface area (Å²) in [6, 6.07) is 9.06. The number of hydrogen-bond donors (Lipinski definition) is 1. The second-order valence-corrected chi connectivity index (χ2v) is 4.73. The van der Waals surface area contributed by atoms with Gasteiger partial charge in [-0.1, -0.05) is 12.1 Å². The standard InChI is InChI=1S/C15H14FN3O/c1-19-13-5-3-2-4-12(13)18-15(19)7-14(20)10-6-11(16)9-17-8-10/h2-6,8-9,14,20H,7H2,1H3. The predicted octanol–water partition coefficient (Wildman–Crippen LogP) is 2.38. The number of aromatic nitrogens is 3. The van der Waals surface area contributed by atoms with Crippen LogP contribution < -0.4 is 0 Å². The van der Waals surface area contributed by atoms with Crippen LogP contribution in [0.15, 0.2) is 42.7 Å². The van der Waals surface area contributed by atoms with Crippen molar-refractivity contribution < 1.29 is 9.50 Å². The van der Waals surface area contributed by atoms with Gasteiger partial charge in [0.2, 0.25) is 0 Å². The van der Waals surface area contributed by atoms with Crippen molar-refractivity contribution in [3.05, 3.63) is 59.9 Å². The fraction of sp³-hybridized carbons (Fsp3) is 0.200. The summed E-state index contributed by atoms with van der Waals surface area (Å²) in [5, 5.41) is 10.2. The summed E-state index contributed by atoms with van der Waals surface area (Å²) >= 11 is 0. The number of nitrogens with zero attached hydrogens (tertiary/aromatic N) is 3. The molecule has 0 aliphatic heterocycles. The highest BCUT2D eigenvalue weighted by Gasteiger charge is 2.14. The van der Waals surface area contributed by atoms with Gasteiger partial charge in [-0.2, -0.15) is 0 Å². The fourth-order valence-corrected chi connectivity index (χ4v) is 2.28. The molecule has 3 aromatic rings. The summed E-state index contributed by atoms with van der Waals surface area (Å²) in [6.07, 6.45) is 2.08. The van der Waals surface area contributed by atoms with Crippen LogP contribution in [0.25, 0.3) is 11.0 Å². The highest BCUT2D eigenvalue weighted by molar-refractivity contribution is 5.75. The lowest BCUT2D eigenvalue weighted by Crippen LogP contribution is -2.07. The molecule has 2 heterocycles. The van der Waals surface area contributed by atoms with Crippen LogP contribution >= 0.6 is 0 Å². The lowest BCUT2D eigenvalue weighted by molar-refractivity contribution is 0.174. The Kier molecular flexibility index (Phi) is 3.20. The number of imidazole rings is 1. The molecule has 4 nitrogen and oxygen atoms in total. The molecule has 0 bridgehead atoms. The third kappa shape index (κ3) is 2.28. The number of pyridine rings is 1. The van der Waals surface area contributed by atoms with E-state index < -0.39 is 11.9 Å². The molecule has 20 heavy (non-hydrogen) atoms. The van der Waals surface area contributed by atoms with Crippen LogP contribution in [-0.4, -0.2) is 19.6 Å². The number of hydrogen-bond acceptors (Lipinski definition) is 3. The molecule has 1 N–H and O–H groups in total. The first kappa shape index (κ1) is 12.7. The van der Waals surface area contributed by atoms with Crippen molar-refractivity contribution >= 4 is 11.0 Å². The summed E-state index contributed by atoms with van der Waals surface area (Å²) in [6.45, 7) is 0. The molecule has 1 aromatic carbocycles. The minimum Gasteiger partial charge on any atom is -0.388 e. The second-order valence-electron chi connectivity index (χ2n) is 4.73. The monoisotopic (exact) mass is 271 g/mol. The van der Waals surface area contributed by atoms with Crippen molar-refractivity contribution in [1.29, 1.82) is 0 Å². The molecule has 3 rings (SSSR count). The molecule has 0 aliphatic rings. The molecule has 1 unspecified atom stereocenters. The molecule has 5 heteroatoms. The first-order chi connectivity index (χ1) is 9.65. The van der Waals surface area contributed by atoms with Crippen LogP contribution in [0.3, 0.4) is 0 Å². The maximum Gasteiger partial charge on any atom is 0.141 e. The van der Waals surface area contributed by atoms with E-state index in [1.807, 2.05) is 35.9 Å². The first-order valence-electron chi connectivity index (χ1n) is 6.34. The van der Waals surface area contributed by atoms with Crippen LogP contribution in [0, 0.1) is 5.82 Å². The Labute approximate surface area is 115 Å². The Balaban J connectivity index is 1.91. The highest BCUT2D eigenvalue weighted by atomic mass is 19.1. The zero-order valence-electron chi connectivity index (χ0n) is 11.0. The molecule has 0 radical (unpaired) electrons. The summed E-state index contributed by atoms with van der Waals surface area (Å²) < 4.78 is 15.1. The average molecular weight is 271 g/mol. The van der Waals surface area contributed by atoms with Crippen molar-refractivity contribution in [3.8, 4) is 0 Å². The highest BCUT2D eigenvalue weighted by Crippen LogP contribution is 2.21. The number of aryl methyl sites for hydroxylation is 1. The van der Waals surface area contributed by atoms with Gasteiger partial charge in [0.15, 0.2) is 0 Å². The molecule has 102 valence electrons.